The van der Waals surface area contributed by atoms with E-state index in [4.69, 9.17) is 4.74 Å². The summed E-state index contributed by atoms with van der Waals surface area (Å²) in [4.78, 5) is 2.25. The summed E-state index contributed by atoms with van der Waals surface area (Å²) in [7, 11) is 3.84. The average Bonchev–Trinajstić information content (AvgIpc) is 2.89. The predicted octanol–water partition coefficient (Wildman–Crippen LogP) is 2.78. The lowest BCUT2D eigenvalue weighted by Gasteiger charge is -2.16. The summed E-state index contributed by atoms with van der Waals surface area (Å²) in [6.45, 7) is 4.62. The third-order valence-corrected chi connectivity index (χ3v) is 3.97. The minimum Gasteiger partial charge on any atom is -0.383 e. The van der Waals surface area contributed by atoms with Crippen LogP contribution >= 0.6 is 0 Å². The molecule has 0 saturated heterocycles. The highest BCUT2D eigenvalue weighted by Gasteiger charge is 2.11. The summed E-state index contributed by atoms with van der Waals surface area (Å²) in [5.74, 6) is 0. The van der Waals surface area contributed by atoms with Crippen molar-refractivity contribution in [1.82, 2.24) is 19.7 Å². The van der Waals surface area contributed by atoms with Gasteiger partial charge in [-0.05, 0) is 37.2 Å². The van der Waals surface area contributed by atoms with Gasteiger partial charge in [0.1, 0.15) is 0 Å². The number of fused-ring (bicyclic) bond motifs is 1. The molecule has 1 aromatic carbocycles. The summed E-state index contributed by atoms with van der Waals surface area (Å²) >= 11 is 0. The van der Waals surface area contributed by atoms with Gasteiger partial charge >= 0.3 is 0 Å². The summed E-state index contributed by atoms with van der Waals surface area (Å²) in [5.41, 5.74) is 5.65. The molecule has 0 spiro atoms. The molecule has 0 N–H and O–H groups in total. The Bertz CT molecular complexity index is 779. The largest absolute Gasteiger partial charge is 0.383 e. The first-order valence-electron chi connectivity index (χ1n) is 7.76. The van der Waals surface area contributed by atoms with Crippen molar-refractivity contribution in [2.45, 2.75) is 13.5 Å². The van der Waals surface area contributed by atoms with Crippen LogP contribution in [0, 0.1) is 6.92 Å². The van der Waals surface area contributed by atoms with Crippen molar-refractivity contribution < 1.29 is 4.74 Å². The predicted molar refractivity (Wildman–Crippen MR) is 91.4 cm³/mol. The second kappa shape index (κ2) is 6.89. The van der Waals surface area contributed by atoms with E-state index >= 15 is 0 Å². The molecule has 0 aliphatic rings. The molecular formula is C18H22N4O. The minimum absolute atomic E-state index is 0.753. The van der Waals surface area contributed by atoms with E-state index in [0.717, 1.165) is 36.5 Å². The molecule has 3 aromatic rings. The lowest BCUT2D eigenvalue weighted by Crippen LogP contribution is -2.22. The van der Waals surface area contributed by atoms with E-state index in [-0.39, 0.29) is 0 Å². The lowest BCUT2D eigenvalue weighted by molar-refractivity contribution is 0.158. The maximum absolute atomic E-state index is 5.12. The number of hydrogen-bond acceptors (Lipinski definition) is 4. The van der Waals surface area contributed by atoms with Crippen molar-refractivity contribution in [1.29, 1.82) is 0 Å². The number of likely N-dealkylation sites (N-methyl/N-ethyl adjacent to an activating group) is 1. The van der Waals surface area contributed by atoms with E-state index in [1.807, 2.05) is 13.0 Å². The van der Waals surface area contributed by atoms with Crippen LogP contribution in [0.1, 0.15) is 11.3 Å². The van der Waals surface area contributed by atoms with E-state index in [0.29, 0.717) is 0 Å². The Balaban J connectivity index is 1.83. The monoisotopic (exact) mass is 310 g/mol. The molecule has 0 aliphatic heterocycles. The molecule has 2 aromatic heterocycles. The summed E-state index contributed by atoms with van der Waals surface area (Å²) in [6, 6.07) is 12.7. The second-order valence-electron chi connectivity index (χ2n) is 5.79. The molecular weight excluding hydrogens is 288 g/mol. The molecule has 5 heteroatoms. The van der Waals surface area contributed by atoms with Gasteiger partial charge in [0.05, 0.1) is 17.8 Å². The van der Waals surface area contributed by atoms with E-state index < -0.39 is 0 Å². The fraction of sp³-hybridized carbons (Fsp3) is 0.333. The number of benzene rings is 1. The van der Waals surface area contributed by atoms with Crippen LogP contribution in [0.25, 0.3) is 16.6 Å². The van der Waals surface area contributed by atoms with Gasteiger partial charge in [-0.15, -0.1) is 0 Å². The fourth-order valence-corrected chi connectivity index (χ4v) is 2.78. The maximum atomic E-state index is 5.12. The highest BCUT2D eigenvalue weighted by molar-refractivity contribution is 5.82. The van der Waals surface area contributed by atoms with Crippen LogP contribution in [0.5, 0.6) is 0 Å². The van der Waals surface area contributed by atoms with Crippen LogP contribution < -0.4 is 0 Å². The number of nitrogens with zero attached hydrogens (tertiary/aromatic N) is 4. The molecule has 3 rings (SSSR count). The Morgan fingerprint density at radius 1 is 1.17 bits per heavy atom. The van der Waals surface area contributed by atoms with Gasteiger partial charge in [0.25, 0.3) is 0 Å². The Morgan fingerprint density at radius 2 is 1.96 bits per heavy atom. The zero-order valence-corrected chi connectivity index (χ0v) is 13.9. The SMILES string of the molecule is COCCN(C)Cc1ccc(-c2c(C)nn3ncccc23)cc1. The van der Waals surface area contributed by atoms with Crippen molar-refractivity contribution >= 4 is 5.52 Å². The van der Waals surface area contributed by atoms with E-state index in [1.165, 1.54) is 11.1 Å². The standard InChI is InChI=1S/C18H22N4O/c1-14-18(17-5-4-10-19-22(17)20-14)16-8-6-15(7-9-16)13-21(2)11-12-23-3/h4-10H,11-13H2,1-3H3. The highest BCUT2D eigenvalue weighted by atomic mass is 16.5. The smallest absolute Gasteiger partial charge is 0.0954 e. The molecule has 0 unspecified atom stereocenters. The van der Waals surface area contributed by atoms with E-state index in [2.05, 4.69) is 52.5 Å². The molecule has 0 radical (unpaired) electrons. The Labute approximate surface area is 136 Å². The van der Waals surface area contributed by atoms with Gasteiger partial charge in [0.2, 0.25) is 0 Å². The van der Waals surface area contributed by atoms with Crippen molar-refractivity contribution in [3.63, 3.8) is 0 Å². The summed E-state index contributed by atoms with van der Waals surface area (Å²) in [6.07, 6.45) is 1.75. The quantitative estimate of drug-likeness (QED) is 0.702. The minimum atomic E-state index is 0.753. The van der Waals surface area contributed by atoms with Crippen LogP contribution in [0.2, 0.25) is 0 Å². The second-order valence-corrected chi connectivity index (χ2v) is 5.79. The molecule has 23 heavy (non-hydrogen) atoms. The lowest BCUT2D eigenvalue weighted by atomic mass is 10.0. The molecule has 0 fully saturated rings. The van der Waals surface area contributed by atoms with Crippen molar-refractivity contribution in [3.05, 3.63) is 53.9 Å². The molecule has 0 atom stereocenters. The van der Waals surface area contributed by atoms with Crippen LogP contribution in [0.3, 0.4) is 0 Å². The van der Waals surface area contributed by atoms with Gasteiger partial charge in [-0.25, -0.2) is 0 Å². The topological polar surface area (TPSA) is 42.7 Å². The number of aryl methyl sites for hydroxylation is 1. The first-order chi connectivity index (χ1) is 11.2. The van der Waals surface area contributed by atoms with Gasteiger partial charge in [-0.2, -0.15) is 14.8 Å². The fourth-order valence-electron chi connectivity index (χ4n) is 2.78. The first-order valence-corrected chi connectivity index (χ1v) is 7.76. The average molecular weight is 310 g/mol. The Morgan fingerprint density at radius 3 is 2.70 bits per heavy atom. The van der Waals surface area contributed by atoms with Crippen LogP contribution in [-0.2, 0) is 11.3 Å². The van der Waals surface area contributed by atoms with Crippen LogP contribution in [0.4, 0.5) is 0 Å². The van der Waals surface area contributed by atoms with Crippen molar-refractivity contribution in [2.24, 2.45) is 0 Å². The van der Waals surface area contributed by atoms with Crippen molar-refractivity contribution in [3.8, 4) is 11.1 Å². The van der Waals surface area contributed by atoms with Crippen LogP contribution in [-0.4, -0.2) is 47.0 Å². The molecule has 2 heterocycles. The summed E-state index contributed by atoms with van der Waals surface area (Å²) < 4.78 is 6.81. The normalized spacial score (nSPS) is 11.5. The summed E-state index contributed by atoms with van der Waals surface area (Å²) in [5, 5.41) is 8.74. The molecule has 0 aliphatic carbocycles. The molecule has 5 nitrogen and oxygen atoms in total. The van der Waals surface area contributed by atoms with Crippen LogP contribution in [0.15, 0.2) is 42.6 Å². The van der Waals surface area contributed by atoms with Gasteiger partial charge in [0, 0.05) is 32.0 Å². The number of aromatic nitrogens is 3. The first kappa shape index (κ1) is 15.6. The van der Waals surface area contributed by atoms with Gasteiger partial charge in [-0.3, -0.25) is 4.90 Å². The number of ether oxygens (including phenoxy) is 1. The highest BCUT2D eigenvalue weighted by Crippen LogP contribution is 2.27. The zero-order valence-electron chi connectivity index (χ0n) is 13.9. The van der Waals surface area contributed by atoms with E-state index in [9.17, 15) is 0 Å². The zero-order chi connectivity index (χ0) is 16.2. The van der Waals surface area contributed by atoms with Crippen molar-refractivity contribution in [2.75, 3.05) is 27.3 Å². The number of rotatable bonds is 6. The van der Waals surface area contributed by atoms with E-state index in [1.54, 1.807) is 17.9 Å². The third kappa shape index (κ3) is 3.41. The van der Waals surface area contributed by atoms with Gasteiger partial charge < -0.3 is 4.74 Å². The Hall–Kier alpha value is -2.24. The Kier molecular flexibility index (Phi) is 4.69. The maximum Gasteiger partial charge on any atom is 0.0954 e. The number of methoxy groups -OCH3 is 1. The molecule has 0 saturated carbocycles. The third-order valence-electron chi connectivity index (χ3n) is 3.97. The van der Waals surface area contributed by atoms with Gasteiger partial charge in [-0.1, -0.05) is 24.3 Å². The molecule has 120 valence electrons. The van der Waals surface area contributed by atoms with Gasteiger partial charge in [0.15, 0.2) is 0 Å². The number of hydrogen-bond donors (Lipinski definition) is 0. The molecule has 0 amide bonds. The molecule has 0 bridgehead atoms.